The van der Waals surface area contributed by atoms with Crippen molar-refractivity contribution >= 4 is 34.8 Å². The molecule has 3 aromatic rings. The summed E-state index contributed by atoms with van der Waals surface area (Å²) < 4.78 is 1.82. The minimum Gasteiger partial charge on any atom is -0.323 e. The fraction of sp³-hybridized carbons (Fsp3) is 0.174. The number of nitrogens with one attached hydrogen (secondary N) is 1. The Morgan fingerprint density at radius 3 is 2.52 bits per heavy atom. The first-order chi connectivity index (χ1) is 14.0. The summed E-state index contributed by atoms with van der Waals surface area (Å²) in [7, 11) is 0. The number of rotatable bonds is 3. The van der Waals surface area contributed by atoms with E-state index in [1.165, 1.54) is 4.90 Å². The van der Waals surface area contributed by atoms with Crippen molar-refractivity contribution < 1.29 is 14.2 Å². The summed E-state index contributed by atoms with van der Waals surface area (Å²) in [5.74, 6) is -0.437. The highest BCUT2D eigenvalue weighted by molar-refractivity contribution is 6.31. The number of carbonyl (C=O) groups excluding carboxylic acids is 2. The third kappa shape index (κ3) is 3.61. The van der Waals surface area contributed by atoms with Gasteiger partial charge in [0.1, 0.15) is 0 Å². The molecule has 1 N–H and O–H groups in total. The number of anilines is 2. The molecule has 146 valence electrons. The first-order valence-electron chi connectivity index (χ1n) is 9.39. The summed E-state index contributed by atoms with van der Waals surface area (Å²) in [5.41, 5.74) is 4.05. The number of benzene rings is 2. The number of hydrogen-bond acceptors (Lipinski definition) is 2. The van der Waals surface area contributed by atoms with E-state index in [2.05, 4.69) is 5.32 Å². The number of hydrogen-bond donors (Lipinski definition) is 1. The molecule has 1 atom stereocenters. The molecule has 1 aliphatic rings. The topological polar surface area (TPSA) is 53.3 Å². The van der Waals surface area contributed by atoms with E-state index in [9.17, 15) is 9.59 Å². The van der Waals surface area contributed by atoms with Crippen molar-refractivity contribution in [3.05, 3.63) is 88.7 Å². The monoisotopic (exact) mass is 406 g/mol. The molecule has 0 radical (unpaired) electrons. The van der Waals surface area contributed by atoms with Crippen LogP contribution in [0.3, 0.4) is 0 Å². The Balaban J connectivity index is 1.81. The molecule has 0 fully saturated rings. The van der Waals surface area contributed by atoms with Crippen LogP contribution in [0.4, 0.5) is 11.4 Å². The number of nitrogens with zero attached hydrogens (tertiary/aromatic N) is 2. The number of amides is 2. The highest BCUT2D eigenvalue weighted by Gasteiger charge is 2.43. The van der Waals surface area contributed by atoms with Crippen molar-refractivity contribution in [1.82, 2.24) is 0 Å². The summed E-state index contributed by atoms with van der Waals surface area (Å²) in [6.07, 6.45) is 1.82. The second kappa shape index (κ2) is 7.68. The van der Waals surface area contributed by atoms with Crippen LogP contribution in [0.5, 0.6) is 0 Å². The van der Waals surface area contributed by atoms with Gasteiger partial charge in [-0.1, -0.05) is 41.9 Å². The number of fused-ring (bicyclic) bond motifs is 1. The Morgan fingerprint density at radius 1 is 1.07 bits per heavy atom. The maximum atomic E-state index is 13.5. The third-order valence-electron chi connectivity index (χ3n) is 5.15. The van der Waals surface area contributed by atoms with Crippen molar-refractivity contribution in [2.75, 3.05) is 10.2 Å². The fourth-order valence-corrected chi connectivity index (χ4v) is 3.94. The zero-order chi connectivity index (χ0) is 20.5. The van der Waals surface area contributed by atoms with E-state index in [0.29, 0.717) is 10.7 Å². The molecule has 1 aromatic heterocycles. The summed E-state index contributed by atoms with van der Waals surface area (Å²) in [6, 6.07) is 17.7. The van der Waals surface area contributed by atoms with Gasteiger partial charge in [-0.3, -0.25) is 14.5 Å². The molecule has 0 aliphatic carbocycles. The number of aromatic nitrogens is 1. The van der Waals surface area contributed by atoms with Crippen LogP contribution in [0.15, 0.2) is 66.9 Å². The van der Waals surface area contributed by atoms with Crippen LogP contribution in [0.1, 0.15) is 22.9 Å². The minimum atomic E-state index is -0.810. The Labute approximate surface area is 174 Å². The lowest BCUT2D eigenvalue weighted by atomic mass is 10.0. The Bertz CT molecular complexity index is 1090. The van der Waals surface area contributed by atoms with Crippen LogP contribution in [-0.4, -0.2) is 11.8 Å². The van der Waals surface area contributed by atoms with Crippen LogP contribution in [-0.2, 0) is 16.1 Å². The van der Waals surface area contributed by atoms with Crippen LogP contribution in [0.2, 0.25) is 5.02 Å². The second-order valence-corrected chi connectivity index (χ2v) is 7.59. The summed E-state index contributed by atoms with van der Waals surface area (Å²) in [4.78, 5) is 28.1. The van der Waals surface area contributed by atoms with Crippen molar-refractivity contribution in [1.29, 1.82) is 0 Å². The molecule has 5 nitrogen and oxygen atoms in total. The summed E-state index contributed by atoms with van der Waals surface area (Å²) in [6.45, 7) is 4.06. The number of pyridine rings is 1. The lowest BCUT2D eigenvalue weighted by molar-refractivity contribution is -0.695. The van der Waals surface area contributed by atoms with Gasteiger partial charge in [-0.2, -0.15) is 4.57 Å². The maximum absolute atomic E-state index is 13.5. The Kier molecular flexibility index (Phi) is 5.07. The molecular weight excluding hydrogens is 386 g/mol. The molecule has 4 rings (SSSR count). The lowest BCUT2D eigenvalue weighted by Gasteiger charge is -2.32. The van der Waals surface area contributed by atoms with Crippen molar-refractivity contribution in [2.24, 2.45) is 0 Å². The van der Waals surface area contributed by atoms with E-state index in [-0.39, 0.29) is 18.4 Å². The van der Waals surface area contributed by atoms with E-state index in [1.54, 1.807) is 24.3 Å². The number of halogens is 1. The molecule has 0 saturated heterocycles. The van der Waals surface area contributed by atoms with E-state index >= 15 is 0 Å². The van der Waals surface area contributed by atoms with Gasteiger partial charge in [0.25, 0.3) is 11.8 Å². The molecule has 2 aromatic carbocycles. The zero-order valence-electron chi connectivity index (χ0n) is 16.2. The van der Waals surface area contributed by atoms with Gasteiger partial charge in [0.2, 0.25) is 18.3 Å². The maximum Gasteiger partial charge on any atom is 0.294 e. The summed E-state index contributed by atoms with van der Waals surface area (Å²) >= 11 is 6.17. The second-order valence-electron chi connectivity index (χ2n) is 7.16. The van der Waals surface area contributed by atoms with Gasteiger partial charge in [0, 0.05) is 28.5 Å². The van der Waals surface area contributed by atoms with E-state index in [0.717, 1.165) is 22.5 Å². The number of para-hydroxylation sites is 1. The minimum absolute atomic E-state index is 0.163. The fourth-order valence-electron chi connectivity index (χ4n) is 3.75. The molecule has 2 heterocycles. The van der Waals surface area contributed by atoms with E-state index < -0.39 is 6.04 Å². The first kappa shape index (κ1) is 19.2. The van der Waals surface area contributed by atoms with Gasteiger partial charge in [-0.05, 0) is 43.2 Å². The molecule has 6 heteroatoms. The van der Waals surface area contributed by atoms with Crippen LogP contribution < -0.4 is 14.8 Å². The van der Waals surface area contributed by atoms with Gasteiger partial charge in [-0.15, -0.1) is 0 Å². The molecule has 29 heavy (non-hydrogen) atoms. The van der Waals surface area contributed by atoms with E-state index in [4.69, 9.17) is 11.6 Å². The number of aryl methyl sites for hydroxylation is 2. The molecule has 0 spiro atoms. The number of carbonyl (C=O) groups is 2. The molecule has 1 aliphatic heterocycles. The largest absolute Gasteiger partial charge is 0.323 e. The highest BCUT2D eigenvalue weighted by atomic mass is 35.5. The predicted molar refractivity (Wildman–Crippen MR) is 113 cm³/mol. The average Bonchev–Trinajstić information content (AvgIpc) is 2.69. The molecule has 0 unspecified atom stereocenters. The predicted octanol–water partition coefficient (Wildman–Crippen LogP) is 3.97. The first-order valence-corrected chi connectivity index (χ1v) is 9.76. The van der Waals surface area contributed by atoms with Gasteiger partial charge < -0.3 is 5.32 Å². The average molecular weight is 407 g/mol. The van der Waals surface area contributed by atoms with Crippen LogP contribution in [0.25, 0.3) is 0 Å². The van der Waals surface area contributed by atoms with Crippen LogP contribution >= 0.6 is 11.6 Å². The van der Waals surface area contributed by atoms with Gasteiger partial charge in [0.05, 0.1) is 0 Å². The van der Waals surface area contributed by atoms with Gasteiger partial charge in [-0.25, -0.2) is 0 Å². The molecule has 0 bridgehead atoms. The Hall–Kier alpha value is -3.18. The van der Waals surface area contributed by atoms with Crippen molar-refractivity contribution in [2.45, 2.75) is 26.4 Å². The van der Waals surface area contributed by atoms with Crippen molar-refractivity contribution in [3.63, 3.8) is 0 Å². The molecule has 0 saturated carbocycles. The summed E-state index contributed by atoms with van der Waals surface area (Å²) in [5, 5.41) is 3.55. The standard InChI is InChI=1S/C23H20ClN3O2/c1-15-7-5-8-16(2)21(15)25-23(29)22-19-11-3-4-12-26(19)14-20(28)27(22)18-10-6-9-17(24)13-18/h3-13,22H,14H2,1-2H3/p+1/t22-/m1/s1. The highest BCUT2D eigenvalue weighted by Crippen LogP contribution is 2.32. The van der Waals surface area contributed by atoms with Crippen molar-refractivity contribution in [3.8, 4) is 0 Å². The lowest BCUT2D eigenvalue weighted by Crippen LogP contribution is -2.58. The zero-order valence-corrected chi connectivity index (χ0v) is 17.0. The quantitative estimate of drug-likeness (QED) is 0.669. The third-order valence-corrected chi connectivity index (χ3v) is 5.39. The van der Waals surface area contributed by atoms with Crippen LogP contribution in [0, 0.1) is 13.8 Å². The van der Waals surface area contributed by atoms with Gasteiger partial charge >= 0.3 is 0 Å². The normalized spacial score (nSPS) is 15.8. The molecular formula is C23H21ClN3O2+. The molecule has 2 amide bonds. The Morgan fingerprint density at radius 2 is 1.79 bits per heavy atom. The SMILES string of the molecule is Cc1cccc(C)c1NC(=O)[C@H]1c2cccc[n+]2CC(=O)N1c1cccc(Cl)c1. The van der Waals surface area contributed by atoms with Gasteiger partial charge in [0.15, 0.2) is 6.20 Å². The smallest absolute Gasteiger partial charge is 0.294 e. The van der Waals surface area contributed by atoms with E-state index in [1.807, 2.05) is 61.0 Å².